The average Bonchev–Trinajstić information content (AvgIpc) is 3.19. The number of morpholine rings is 1. The molecule has 0 radical (unpaired) electrons. The Hall–Kier alpha value is -1.79. The van der Waals surface area contributed by atoms with Crippen LogP contribution in [0.25, 0.3) is 0 Å². The van der Waals surface area contributed by atoms with E-state index in [0.29, 0.717) is 12.0 Å². The predicted octanol–water partition coefficient (Wildman–Crippen LogP) is 1.53. The number of ether oxygens (including phenoxy) is 2. The Morgan fingerprint density at radius 3 is 2.85 bits per heavy atom. The van der Waals surface area contributed by atoms with Crippen LogP contribution >= 0.6 is 0 Å². The minimum atomic E-state index is 0.481. The van der Waals surface area contributed by atoms with E-state index in [1.807, 2.05) is 13.1 Å². The van der Waals surface area contributed by atoms with Gasteiger partial charge in [-0.1, -0.05) is 18.2 Å². The summed E-state index contributed by atoms with van der Waals surface area (Å²) in [5.74, 6) is 2.55. The van der Waals surface area contributed by atoms with Crippen LogP contribution in [0, 0.1) is 0 Å². The van der Waals surface area contributed by atoms with E-state index in [1.54, 1.807) is 0 Å². The molecule has 3 aliphatic heterocycles. The van der Waals surface area contributed by atoms with E-state index in [0.717, 1.165) is 70.7 Å². The maximum atomic E-state index is 5.78. The van der Waals surface area contributed by atoms with Crippen LogP contribution in [0.1, 0.15) is 24.3 Å². The molecule has 142 valence electrons. The standard InChI is InChI=1S/C20H30N4O2/c1-21-20(24-8-6-17(15-24)23-9-12-25-13-10-23)22-14-16-7-11-26-19-5-3-2-4-18(16)19/h2-5,16-17H,6-15H2,1H3,(H,21,22). The summed E-state index contributed by atoms with van der Waals surface area (Å²) in [6.07, 6.45) is 2.26. The van der Waals surface area contributed by atoms with Crippen molar-refractivity contribution in [2.24, 2.45) is 4.99 Å². The van der Waals surface area contributed by atoms with E-state index in [4.69, 9.17) is 9.47 Å². The molecule has 1 aromatic rings. The topological polar surface area (TPSA) is 49.3 Å². The van der Waals surface area contributed by atoms with Crippen molar-refractivity contribution in [2.45, 2.75) is 24.8 Å². The molecule has 0 saturated carbocycles. The van der Waals surface area contributed by atoms with E-state index >= 15 is 0 Å². The summed E-state index contributed by atoms with van der Waals surface area (Å²) < 4.78 is 11.3. The fourth-order valence-electron chi connectivity index (χ4n) is 4.35. The van der Waals surface area contributed by atoms with Crippen molar-refractivity contribution in [2.75, 3.05) is 59.6 Å². The van der Waals surface area contributed by atoms with Crippen LogP contribution in [0.5, 0.6) is 5.75 Å². The lowest BCUT2D eigenvalue weighted by atomic mass is 9.93. The first-order valence-corrected chi connectivity index (χ1v) is 9.84. The number of para-hydroxylation sites is 1. The van der Waals surface area contributed by atoms with Crippen LogP contribution in [-0.2, 0) is 4.74 Å². The quantitative estimate of drug-likeness (QED) is 0.656. The number of fused-ring (bicyclic) bond motifs is 1. The molecule has 1 N–H and O–H groups in total. The molecule has 6 heteroatoms. The van der Waals surface area contributed by atoms with Crippen LogP contribution < -0.4 is 10.1 Å². The minimum Gasteiger partial charge on any atom is -0.493 e. The van der Waals surface area contributed by atoms with Gasteiger partial charge in [0.15, 0.2) is 5.96 Å². The first kappa shape index (κ1) is 17.6. The number of aliphatic imine (C=N–C) groups is 1. The Labute approximate surface area is 156 Å². The lowest BCUT2D eigenvalue weighted by molar-refractivity contribution is 0.0195. The number of hydrogen-bond donors (Lipinski definition) is 1. The number of benzene rings is 1. The number of likely N-dealkylation sites (tertiary alicyclic amines) is 1. The maximum absolute atomic E-state index is 5.78. The van der Waals surface area contributed by atoms with E-state index < -0.39 is 0 Å². The largest absolute Gasteiger partial charge is 0.493 e. The van der Waals surface area contributed by atoms with Crippen molar-refractivity contribution < 1.29 is 9.47 Å². The SMILES string of the molecule is CN=C(NCC1CCOc2ccccc21)N1CCC(N2CCOCC2)C1. The van der Waals surface area contributed by atoms with Gasteiger partial charge in [-0.05, 0) is 24.5 Å². The molecule has 3 heterocycles. The number of nitrogens with zero attached hydrogens (tertiary/aromatic N) is 3. The fraction of sp³-hybridized carbons (Fsp3) is 0.650. The molecule has 2 unspecified atom stereocenters. The Morgan fingerprint density at radius 2 is 2.00 bits per heavy atom. The van der Waals surface area contributed by atoms with Crippen molar-refractivity contribution in [1.29, 1.82) is 0 Å². The van der Waals surface area contributed by atoms with Crippen molar-refractivity contribution >= 4 is 5.96 Å². The normalized spacial score (nSPS) is 27.1. The van der Waals surface area contributed by atoms with E-state index in [-0.39, 0.29) is 0 Å². The summed E-state index contributed by atoms with van der Waals surface area (Å²) in [5, 5.41) is 3.62. The molecule has 0 aliphatic carbocycles. The molecule has 0 spiro atoms. The van der Waals surface area contributed by atoms with Gasteiger partial charge in [-0.25, -0.2) is 0 Å². The highest BCUT2D eigenvalue weighted by atomic mass is 16.5. The highest BCUT2D eigenvalue weighted by Gasteiger charge is 2.30. The smallest absolute Gasteiger partial charge is 0.193 e. The van der Waals surface area contributed by atoms with Gasteiger partial charge >= 0.3 is 0 Å². The number of guanidine groups is 1. The number of rotatable bonds is 3. The molecule has 4 rings (SSSR count). The van der Waals surface area contributed by atoms with Gasteiger partial charge in [0.1, 0.15) is 5.75 Å². The second-order valence-corrected chi connectivity index (χ2v) is 7.34. The van der Waals surface area contributed by atoms with Crippen LogP contribution in [-0.4, -0.2) is 81.4 Å². The molecule has 0 bridgehead atoms. The lowest BCUT2D eigenvalue weighted by Crippen LogP contribution is -2.47. The van der Waals surface area contributed by atoms with Gasteiger partial charge in [0.25, 0.3) is 0 Å². The lowest BCUT2D eigenvalue weighted by Gasteiger charge is -2.32. The molecular weight excluding hydrogens is 328 g/mol. The molecule has 2 atom stereocenters. The van der Waals surface area contributed by atoms with Gasteiger partial charge < -0.3 is 19.7 Å². The van der Waals surface area contributed by atoms with Gasteiger partial charge in [0.2, 0.25) is 0 Å². The highest BCUT2D eigenvalue weighted by molar-refractivity contribution is 5.80. The molecule has 1 aromatic carbocycles. The van der Waals surface area contributed by atoms with Gasteiger partial charge in [0, 0.05) is 51.7 Å². The molecular formula is C20H30N4O2. The summed E-state index contributed by atoms with van der Waals surface area (Å²) in [6, 6.07) is 9.03. The van der Waals surface area contributed by atoms with Crippen LogP contribution in [0.3, 0.4) is 0 Å². The first-order chi connectivity index (χ1) is 12.8. The molecule has 2 fully saturated rings. The predicted molar refractivity (Wildman–Crippen MR) is 103 cm³/mol. The molecule has 6 nitrogen and oxygen atoms in total. The van der Waals surface area contributed by atoms with Crippen molar-refractivity contribution in [3.63, 3.8) is 0 Å². The summed E-state index contributed by atoms with van der Waals surface area (Å²) in [4.78, 5) is 9.53. The average molecular weight is 358 g/mol. The molecule has 0 aromatic heterocycles. The summed E-state index contributed by atoms with van der Waals surface area (Å²) in [5.41, 5.74) is 1.31. The minimum absolute atomic E-state index is 0.481. The van der Waals surface area contributed by atoms with Gasteiger partial charge in [-0.15, -0.1) is 0 Å². The van der Waals surface area contributed by atoms with Gasteiger partial charge in [-0.2, -0.15) is 0 Å². The van der Waals surface area contributed by atoms with Crippen LogP contribution in [0.2, 0.25) is 0 Å². The van der Waals surface area contributed by atoms with Crippen molar-refractivity contribution in [3.05, 3.63) is 29.8 Å². The van der Waals surface area contributed by atoms with Crippen molar-refractivity contribution in [3.8, 4) is 5.75 Å². The zero-order valence-corrected chi connectivity index (χ0v) is 15.7. The Bertz CT molecular complexity index is 630. The maximum Gasteiger partial charge on any atom is 0.193 e. The Morgan fingerprint density at radius 1 is 1.15 bits per heavy atom. The fourth-order valence-corrected chi connectivity index (χ4v) is 4.35. The van der Waals surface area contributed by atoms with Crippen LogP contribution in [0.4, 0.5) is 0 Å². The van der Waals surface area contributed by atoms with Gasteiger partial charge in [0.05, 0.1) is 19.8 Å². The summed E-state index contributed by atoms with van der Waals surface area (Å²) in [6.45, 7) is 7.69. The molecule has 3 aliphatic rings. The Balaban J connectivity index is 1.33. The molecule has 26 heavy (non-hydrogen) atoms. The van der Waals surface area contributed by atoms with E-state index in [1.165, 1.54) is 12.0 Å². The second kappa shape index (κ2) is 8.27. The third kappa shape index (κ3) is 3.81. The second-order valence-electron chi connectivity index (χ2n) is 7.34. The third-order valence-corrected chi connectivity index (χ3v) is 5.83. The van der Waals surface area contributed by atoms with Crippen molar-refractivity contribution in [1.82, 2.24) is 15.1 Å². The zero-order valence-electron chi connectivity index (χ0n) is 15.7. The number of nitrogens with one attached hydrogen (secondary N) is 1. The number of hydrogen-bond acceptors (Lipinski definition) is 4. The van der Waals surface area contributed by atoms with Crippen LogP contribution in [0.15, 0.2) is 29.3 Å². The first-order valence-electron chi connectivity index (χ1n) is 9.84. The zero-order chi connectivity index (χ0) is 17.8. The third-order valence-electron chi connectivity index (χ3n) is 5.83. The van der Waals surface area contributed by atoms with E-state index in [2.05, 4.69) is 38.3 Å². The molecule has 2 saturated heterocycles. The monoisotopic (exact) mass is 358 g/mol. The van der Waals surface area contributed by atoms with E-state index in [9.17, 15) is 0 Å². The molecule has 0 amide bonds. The summed E-state index contributed by atoms with van der Waals surface area (Å²) >= 11 is 0. The Kier molecular flexibility index (Phi) is 5.60. The summed E-state index contributed by atoms with van der Waals surface area (Å²) in [7, 11) is 1.89. The highest BCUT2D eigenvalue weighted by Crippen LogP contribution is 2.32. The van der Waals surface area contributed by atoms with Gasteiger partial charge in [-0.3, -0.25) is 9.89 Å².